The van der Waals surface area contributed by atoms with E-state index in [1.54, 1.807) is 12.1 Å². The van der Waals surface area contributed by atoms with Crippen molar-refractivity contribution < 1.29 is 19.1 Å². The van der Waals surface area contributed by atoms with Gasteiger partial charge in [-0.2, -0.15) is 5.10 Å². The van der Waals surface area contributed by atoms with Crippen LogP contribution in [0.3, 0.4) is 0 Å². The van der Waals surface area contributed by atoms with Crippen LogP contribution in [0.15, 0.2) is 50.4 Å². The molecule has 2 aromatic rings. The van der Waals surface area contributed by atoms with Gasteiger partial charge in [0, 0.05) is 15.7 Å². The van der Waals surface area contributed by atoms with Gasteiger partial charge in [-0.15, -0.1) is 0 Å². The lowest BCUT2D eigenvalue weighted by molar-refractivity contribution is -0.136. The van der Waals surface area contributed by atoms with E-state index in [-0.39, 0.29) is 11.4 Å². The standard InChI is InChI=1S/C15H10Br2FN3O3/c16-9-5-8(13(22)12(17)6-9)7-19-21-15(24)14(23)20-11-3-1-10(18)2-4-11/h1-7,22H,(H,20,23)(H,21,24)/b19-7-. The number of nitrogens with zero attached hydrogens (tertiary/aromatic N) is 1. The van der Waals surface area contributed by atoms with Gasteiger partial charge in [-0.05, 0) is 52.3 Å². The average molecular weight is 459 g/mol. The first-order valence-electron chi connectivity index (χ1n) is 6.45. The van der Waals surface area contributed by atoms with Crippen molar-refractivity contribution in [2.75, 3.05) is 5.32 Å². The third-order valence-corrected chi connectivity index (χ3v) is 3.80. The van der Waals surface area contributed by atoms with Gasteiger partial charge in [0.25, 0.3) is 0 Å². The van der Waals surface area contributed by atoms with Crippen LogP contribution in [0.5, 0.6) is 5.75 Å². The number of rotatable bonds is 3. The molecule has 2 amide bonds. The van der Waals surface area contributed by atoms with Crippen LogP contribution in [0.1, 0.15) is 5.56 Å². The summed E-state index contributed by atoms with van der Waals surface area (Å²) in [5, 5.41) is 15.7. The number of amides is 2. The van der Waals surface area contributed by atoms with Crippen LogP contribution in [0.4, 0.5) is 10.1 Å². The summed E-state index contributed by atoms with van der Waals surface area (Å²) in [6.45, 7) is 0. The molecule has 24 heavy (non-hydrogen) atoms. The number of carbonyl (C=O) groups excluding carboxylic acids is 2. The van der Waals surface area contributed by atoms with E-state index in [9.17, 15) is 19.1 Å². The number of carbonyl (C=O) groups is 2. The number of anilines is 1. The Hall–Kier alpha value is -2.26. The zero-order valence-electron chi connectivity index (χ0n) is 11.9. The van der Waals surface area contributed by atoms with Crippen molar-refractivity contribution in [2.45, 2.75) is 0 Å². The Bertz CT molecular complexity index is 810. The van der Waals surface area contributed by atoms with Crippen LogP contribution < -0.4 is 10.7 Å². The zero-order valence-corrected chi connectivity index (χ0v) is 15.1. The van der Waals surface area contributed by atoms with Gasteiger partial charge in [0.05, 0.1) is 10.7 Å². The highest BCUT2D eigenvalue weighted by Gasteiger charge is 2.13. The molecule has 2 aromatic carbocycles. The van der Waals surface area contributed by atoms with Gasteiger partial charge in [0.1, 0.15) is 11.6 Å². The Morgan fingerprint density at radius 2 is 1.79 bits per heavy atom. The maximum Gasteiger partial charge on any atom is 0.329 e. The van der Waals surface area contributed by atoms with E-state index in [2.05, 4.69) is 42.3 Å². The molecule has 0 aliphatic rings. The number of phenols is 1. The molecule has 9 heteroatoms. The lowest BCUT2D eigenvalue weighted by Crippen LogP contribution is -2.32. The Labute approximate surface area is 153 Å². The summed E-state index contributed by atoms with van der Waals surface area (Å²) in [4.78, 5) is 23.3. The molecule has 6 nitrogen and oxygen atoms in total. The first kappa shape index (κ1) is 18.1. The number of halogens is 3. The first-order valence-corrected chi connectivity index (χ1v) is 8.03. The predicted molar refractivity (Wildman–Crippen MR) is 94.3 cm³/mol. The molecule has 0 atom stereocenters. The van der Waals surface area contributed by atoms with Crippen LogP contribution in [0.2, 0.25) is 0 Å². The van der Waals surface area contributed by atoms with Gasteiger partial charge >= 0.3 is 11.8 Å². The Balaban J connectivity index is 1.97. The largest absolute Gasteiger partial charge is 0.506 e. The number of hydrogen-bond acceptors (Lipinski definition) is 4. The molecule has 0 aliphatic heterocycles. The second-order valence-corrected chi connectivity index (χ2v) is 6.26. The van der Waals surface area contributed by atoms with Crippen LogP contribution >= 0.6 is 31.9 Å². The lowest BCUT2D eigenvalue weighted by atomic mass is 10.2. The topological polar surface area (TPSA) is 90.8 Å². The maximum atomic E-state index is 12.8. The Kier molecular flexibility index (Phi) is 6.04. The quantitative estimate of drug-likeness (QED) is 0.375. The smallest absolute Gasteiger partial charge is 0.329 e. The number of hydrazone groups is 1. The van der Waals surface area contributed by atoms with E-state index in [1.807, 2.05) is 5.43 Å². The van der Waals surface area contributed by atoms with Crippen molar-refractivity contribution in [3.05, 3.63) is 56.7 Å². The van der Waals surface area contributed by atoms with Crippen molar-refractivity contribution in [3.8, 4) is 5.75 Å². The van der Waals surface area contributed by atoms with Crippen LogP contribution in [-0.2, 0) is 9.59 Å². The average Bonchev–Trinajstić information content (AvgIpc) is 2.53. The lowest BCUT2D eigenvalue weighted by Gasteiger charge is -2.04. The molecule has 0 radical (unpaired) electrons. The number of hydrogen-bond donors (Lipinski definition) is 3. The third-order valence-electron chi connectivity index (χ3n) is 2.74. The second kappa shape index (κ2) is 8.02. The van der Waals surface area contributed by atoms with Crippen molar-refractivity contribution in [3.63, 3.8) is 0 Å². The summed E-state index contributed by atoms with van der Waals surface area (Å²) < 4.78 is 13.9. The predicted octanol–water partition coefficient (Wildman–Crippen LogP) is 3.15. The van der Waals surface area contributed by atoms with Gasteiger partial charge in [-0.25, -0.2) is 9.82 Å². The SMILES string of the molecule is O=C(N/N=C\c1cc(Br)cc(Br)c1O)C(=O)Nc1ccc(F)cc1. The summed E-state index contributed by atoms with van der Waals surface area (Å²) in [6.07, 6.45) is 1.19. The molecule has 3 N–H and O–H groups in total. The van der Waals surface area contributed by atoms with Crippen LogP contribution in [0, 0.1) is 5.82 Å². The molecule has 0 aromatic heterocycles. The van der Waals surface area contributed by atoms with Crippen molar-refractivity contribution >= 4 is 55.6 Å². The summed E-state index contributed by atoms with van der Waals surface area (Å²) >= 11 is 6.42. The zero-order chi connectivity index (χ0) is 17.7. The summed E-state index contributed by atoms with van der Waals surface area (Å²) in [6, 6.07) is 8.16. The number of benzene rings is 2. The molecule has 0 fully saturated rings. The van der Waals surface area contributed by atoms with Crippen molar-refractivity contribution in [2.24, 2.45) is 5.10 Å². The Morgan fingerprint density at radius 1 is 1.12 bits per heavy atom. The van der Waals surface area contributed by atoms with E-state index in [0.717, 1.165) is 12.1 Å². The minimum atomic E-state index is -1.01. The monoisotopic (exact) mass is 457 g/mol. The van der Waals surface area contributed by atoms with E-state index in [1.165, 1.54) is 18.3 Å². The maximum absolute atomic E-state index is 12.8. The molecular formula is C15H10Br2FN3O3. The summed E-state index contributed by atoms with van der Waals surface area (Å²) in [5.41, 5.74) is 2.63. The second-order valence-electron chi connectivity index (χ2n) is 4.49. The van der Waals surface area contributed by atoms with Crippen molar-refractivity contribution in [1.82, 2.24) is 5.43 Å². The molecule has 0 unspecified atom stereocenters. The summed E-state index contributed by atoms with van der Waals surface area (Å²) in [7, 11) is 0. The number of phenolic OH excluding ortho intramolecular Hbond substituents is 1. The van der Waals surface area contributed by atoms with Gasteiger partial charge in [0.2, 0.25) is 0 Å². The molecule has 0 aliphatic carbocycles. The number of aromatic hydroxyl groups is 1. The molecule has 0 heterocycles. The minimum Gasteiger partial charge on any atom is -0.506 e. The Morgan fingerprint density at radius 3 is 2.46 bits per heavy atom. The highest BCUT2D eigenvalue weighted by Crippen LogP contribution is 2.30. The molecule has 0 saturated carbocycles. The first-order chi connectivity index (χ1) is 11.4. The molecule has 0 saturated heterocycles. The fourth-order valence-electron chi connectivity index (χ4n) is 1.62. The van der Waals surface area contributed by atoms with Crippen LogP contribution in [-0.4, -0.2) is 23.1 Å². The fourth-order valence-corrected chi connectivity index (χ4v) is 2.87. The van der Waals surface area contributed by atoms with E-state index < -0.39 is 17.6 Å². The normalized spacial score (nSPS) is 10.6. The van der Waals surface area contributed by atoms with Gasteiger partial charge in [-0.3, -0.25) is 9.59 Å². The van der Waals surface area contributed by atoms with Gasteiger partial charge in [0.15, 0.2) is 0 Å². The third kappa shape index (κ3) is 4.87. The van der Waals surface area contributed by atoms with Crippen LogP contribution in [0.25, 0.3) is 0 Å². The highest BCUT2D eigenvalue weighted by atomic mass is 79.9. The van der Waals surface area contributed by atoms with E-state index >= 15 is 0 Å². The molecular weight excluding hydrogens is 449 g/mol. The van der Waals surface area contributed by atoms with Gasteiger partial charge in [-0.1, -0.05) is 15.9 Å². The fraction of sp³-hybridized carbons (Fsp3) is 0. The van der Waals surface area contributed by atoms with E-state index in [0.29, 0.717) is 14.5 Å². The highest BCUT2D eigenvalue weighted by molar-refractivity contribution is 9.11. The summed E-state index contributed by atoms with van der Waals surface area (Å²) in [5.74, 6) is -2.49. The molecule has 0 spiro atoms. The molecule has 124 valence electrons. The molecule has 2 rings (SSSR count). The van der Waals surface area contributed by atoms with E-state index in [4.69, 9.17) is 0 Å². The molecule has 0 bridgehead atoms. The number of nitrogens with one attached hydrogen (secondary N) is 2. The van der Waals surface area contributed by atoms with Gasteiger partial charge < -0.3 is 10.4 Å². The van der Waals surface area contributed by atoms with Crippen molar-refractivity contribution in [1.29, 1.82) is 0 Å². The minimum absolute atomic E-state index is 0.0630.